The van der Waals surface area contributed by atoms with Crippen molar-refractivity contribution in [1.82, 2.24) is 9.88 Å². The average molecular weight is 438 g/mol. The lowest BCUT2D eigenvalue weighted by Crippen LogP contribution is -2.30. The molecule has 0 bridgehead atoms. The first kappa shape index (κ1) is 21.0. The Morgan fingerprint density at radius 1 is 1.28 bits per heavy atom. The molecule has 164 valence electrons. The lowest BCUT2D eigenvalue weighted by atomic mass is 10.1. The number of carbonyl (C=O) groups is 1. The minimum absolute atomic E-state index is 0.00773. The van der Waals surface area contributed by atoms with Gasteiger partial charge in [-0.05, 0) is 42.3 Å². The predicted molar refractivity (Wildman–Crippen MR) is 114 cm³/mol. The molecular formula is C22H19FN4O5. The van der Waals surface area contributed by atoms with Gasteiger partial charge in [0.15, 0.2) is 11.6 Å². The number of anilines is 2. The smallest absolute Gasteiger partial charge is 0.409 e. The molecule has 10 heteroatoms. The molecule has 1 saturated heterocycles. The van der Waals surface area contributed by atoms with Gasteiger partial charge in [-0.1, -0.05) is 12.1 Å². The number of hydrogen-bond acceptors (Lipinski definition) is 7. The predicted octanol–water partition coefficient (Wildman–Crippen LogP) is 4.66. The van der Waals surface area contributed by atoms with Crippen LogP contribution in [-0.4, -0.2) is 40.6 Å². The van der Waals surface area contributed by atoms with Gasteiger partial charge in [-0.2, -0.15) is 0 Å². The molecule has 0 spiro atoms. The maximum absolute atomic E-state index is 14.6. The molecule has 1 fully saturated rings. The number of amides is 1. The molecule has 9 nitrogen and oxygen atoms in total. The van der Waals surface area contributed by atoms with Crippen molar-refractivity contribution in [2.24, 2.45) is 0 Å². The number of ether oxygens (including phenoxy) is 2. The number of nitro groups is 1. The summed E-state index contributed by atoms with van der Waals surface area (Å²) < 4.78 is 25.2. The fraction of sp³-hybridized carbons (Fsp3) is 0.182. The highest BCUT2D eigenvalue weighted by Crippen LogP contribution is 2.30. The SMILES string of the molecule is CN1C(=O)OC[C@@H]1Cc1ccc(Oc2ccc(Nc3ncccc3[N+](=O)[O-])cc2F)cc1. The number of benzene rings is 2. The summed E-state index contributed by atoms with van der Waals surface area (Å²) in [4.78, 5) is 27.5. The second kappa shape index (κ2) is 8.88. The summed E-state index contributed by atoms with van der Waals surface area (Å²) in [5.41, 5.74) is 1.07. The molecule has 1 amide bonds. The van der Waals surface area contributed by atoms with Crippen LogP contribution in [0.4, 0.5) is 26.4 Å². The lowest BCUT2D eigenvalue weighted by molar-refractivity contribution is -0.384. The van der Waals surface area contributed by atoms with Crippen LogP contribution in [0.25, 0.3) is 0 Å². The monoisotopic (exact) mass is 438 g/mol. The summed E-state index contributed by atoms with van der Waals surface area (Å²) in [6.45, 7) is 0.348. The van der Waals surface area contributed by atoms with Crippen LogP contribution in [0.1, 0.15) is 5.56 Å². The van der Waals surface area contributed by atoms with Gasteiger partial charge in [0, 0.05) is 31.1 Å². The molecule has 0 radical (unpaired) electrons. The first-order valence-corrected chi connectivity index (χ1v) is 9.73. The summed E-state index contributed by atoms with van der Waals surface area (Å²) in [6, 6.07) is 14.0. The van der Waals surface area contributed by atoms with Crippen molar-refractivity contribution in [2.75, 3.05) is 19.0 Å². The zero-order valence-corrected chi connectivity index (χ0v) is 17.0. The van der Waals surface area contributed by atoms with E-state index in [-0.39, 0.29) is 29.4 Å². The fourth-order valence-electron chi connectivity index (χ4n) is 3.26. The van der Waals surface area contributed by atoms with Crippen LogP contribution in [0.2, 0.25) is 0 Å². The molecule has 32 heavy (non-hydrogen) atoms. The summed E-state index contributed by atoms with van der Waals surface area (Å²) >= 11 is 0. The number of nitrogens with one attached hydrogen (secondary N) is 1. The summed E-state index contributed by atoms with van der Waals surface area (Å²) in [7, 11) is 1.70. The van der Waals surface area contributed by atoms with E-state index in [2.05, 4.69) is 10.3 Å². The van der Waals surface area contributed by atoms with E-state index in [9.17, 15) is 19.3 Å². The largest absolute Gasteiger partial charge is 0.454 e. The van der Waals surface area contributed by atoms with E-state index < -0.39 is 10.7 Å². The first-order chi connectivity index (χ1) is 15.4. The first-order valence-electron chi connectivity index (χ1n) is 9.73. The van der Waals surface area contributed by atoms with Crippen LogP contribution in [-0.2, 0) is 11.2 Å². The highest BCUT2D eigenvalue weighted by molar-refractivity contribution is 5.69. The zero-order valence-electron chi connectivity index (χ0n) is 17.0. The van der Waals surface area contributed by atoms with Gasteiger partial charge in [0.05, 0.1) is 11.0 Å². The van der Waals surface area contributed by atoms with Crippen molar-refractivity contribution in [3.8, 4) is 11.5 Å². The number of nitrogens with zero attached hydrogens (tertiary/aromatic N) is 3. The molecule has 4 rings (SSSR count). The second-order valence-electron chi connectivity index (χ2n) is 7.19. The molecule has 0 saturated carbocycles. The van der Waals surface area contributed by atoms with Crippen LogP contribution in [0.15, 0.2) is 60.8 Å². The van der Waals surface area contributed by atoms with Gasteiger partial charge < -0.3 is 19.7 Å². The number of aromatic nitrogens is 1. The normalized spacial score (nSPS) is 15.4. The van der Waals surface area contributed by atoms with Crippen molar-refractivity contribution in [2.45, 2.75) is 12.5 Å². The number of halogens is 1. The lowest BCUT2D eigenvalue weighted by Gasteiger charge is -2.16. The number of carbonyl (C=O) groups excluding carboxylic acids is 1. The van der Waals surface area contributed by atoms with Crippen LogP contribution < -0.4 is 10.1 Å². The van der Waals surface area contributed by atoms with Crippen molar-refractivity contribution in [3.63, 3.8) is 0 Å². The fourth-order valence-corrected chi connectivity index (χ4v) is 3.26. The standard InChI is InChI=1S/C22H19FN4O5/c1-26-16(13-31-22(26)28)11-14-4-7-17(8-5-14)32-20-9-6-15(12-18(20)23)25-21-19(27(29)30)3-2-10-24-21/h2-10,12,16H,11,13H2,1H3,(H,24,25)/t16-/m0/s1. The Hall–Kier alpha value is -4.21. The van der Waals surface area contributed by atoms with Crippen molar-refractivity contribution < 1.29 is 23.6 Å². The molecular weight excluding hydrogens is 419 g/mol. The molecule has 1 aromatic heterocycles. The Kier molecular flexibility index (Phi) is 5.84. The van der Waals surface area contributed by atoms with Gasteiger partial charge in [0.2, 0.25) is 5.82 Å². The topological polar surface area (TPSA) is 107 Å². The van der Waals surface area contributed by atoms with Gasteiger partial charge in [0.1, 0.15) is 12.4 Å². The second-order valence-corrected chi connectivity index (χ2v) is 7.19. The minimum Gasteiger partial charge on any atom is -0.454 e. The number of pyridine rings is 1. The Labute approximate surface area is 182 Å². The van der Waals surface area contributed by atoms with Crippen molar-refractivity contribution in [1.29, 1.82) is 0 Å². The quantitative estimate of drug-likeness (QED) is 0.422. The Morgan fingerprint density at radius 2 is 2.06 bits per heavy atom. The maximum atomic E-state index is 14.6. The number of rotatable bonds is 7. The average Bonchev–Trinajstić information content (AvgIpc) is 3.09. The third kappa shape index (κ3) is 4.59. The maximum Gasteiger partial charge on any atom is 0.409 e. The Morgan fingerprint density at radius 3 is 2.72 bits per heavy atom. The molecule has 2 aromatic carbocycles. The number of likely N-dealkylation sites (N-methyl/N-ethyl adjacent to an activating group) is 1. The molecule has 1 N–H and O–H groups in total. The molecule has 1 aliphatic heterocycles. The van der Waals surface area contributed by atoms with Crippen molar-refractivity contribution >= 4 is 23.3 Å². The Balaban J connectivity index is 1.42. The van der Waals surface area contributed by atoms with Crippen LogP contribution in [0, 0.1) is 15.9 Å². The van der Waals surface area contributed by atoms with Gasteiger partial charge in [0.25, 0.3) is 0 Å². The molecule has 1 atom stereocenters. The molecule has 0 unspecified atom stereocenters. The highest BCUT2D eigenvalue weighted by Gasteiger charge is 2.29. The van der Waals surface area contributed by atoms with Gasteiger partial charge >= 0.3 is 11.8 Å². The van der Waals surface area contributed by atoms with Crippen LogP contribution >= 0.6 is 0 Å². The van der Waals surface area contributed by atoms with E-state index in [0.29, 0.717) is 24.5 Å². The van der Waals surface area contributed by atoms with Crippen LogP contribution in [0.3, 0.4) is 0 Å². The highest BCUT2D eigenvalue weighted by atomic mass is 19.1. The molecule has 2 heterocycles. The molecule has 3 aromatic rings. The summed E-state index contributed by atoms with van der Waals surface area (Å²) in [5, 5.41) is 13.8. The van der Waals surface area contributed by atoms with E-state index >= 15 is 0 Å². The van der Waals surface area contributed by atoms with E-state index in [1.807, 2.05) is 12.1 Å². The molecule has 0 aliphatic carbocycles. The molecule has 1 aliphatic rings. The zero-order chi connectivity index (χ0) is 22.7. The van der Waals surface area contributed by atoms with E-state index in [1.165, 1.54) is 36.5 Å². The van der Waals surface area contributed by atoms with Gasteiger partial charge in [-0.3, -0.25) is 10.1 Å². The number of cyclic esters (lactones) is 1. The van der Waals surface area contributed by atoms with E-state index in [1.54, 1.807) is 24.1 Å². The summed E-state index contributed by atoms with van der Waals surface area (Å²) in [6.07, 6.45) is 1.71. The van der Waals surface area contributed by atoms with Crippen molar-refractivity contribution in [3.05, 3.63) is 82.3 Å². The van der Waals surface area contributed by atoms with Crippen LogP contribution in [0.5, 0.6) is 11.5 Å². The minimum atomic E-state index is -0.638. The third-order valence-corrected chi connectivity index (χ3v) is 5.04. The van der Waals surface area contributed by atoms with E-state index in [0.717, 1.165) is 5.56 Å². The summed E-state index contributed by atoms with van der Waals surface area (Å²) in [5.74, 6) is -0.170. The Bertz CT molecular complexity index is 1160. The van der Waals surface area contributed by atoms with Gasteiger partial charge in [-0.15, -0.1) is 0 Å². The van der Waals surface area contributed by atoms with Gasteiger partial charge in [-0.25, -0.2) is 14.2 Å². The number of hydrogen-bond donors (Lipinski definition) is 1. The third-order valence-electron chi connectivity index (χ3n) is 5.04. The van der Waals surface area contributed by atoms with E-state index in [4.69, 9.17) is 9.47 Å².